The Hall–Kier alpha value is -3.07. The van der Waals surface area contributed by atoms with Crippen LogP contribution in [0.4, 0.5) is 0 Å². The second kappa shape index (κ2) is 7.81. The molecule has 6 nitrogen and oxygen atoms in total. The van der Waals surface area contributed by atoms with Crippen LogP contribution in [0.15, 0.2) is 63.5 Å². The number of ketones is 1. The molecule has 0 unspecified atom stereocenters. The van der Waals surface area contributed by atoms with E-state index >= 15 is 0 Å². The van der Waals surface area contributed by atoms with Gasteiger partial charge in [0.2, 0.25) is 11.7 Å². The molecule has 0 aliphatic heterocycles. The number of benzene rings is 2. The van der Waals surface area contributed by atoms with Crippen LogP contribution in [0.2, 0.25) is 5.02 Å². The van der Waals surface area contributed by atoms with Gasteiger partial charge in [-0.1, -0.05) is 51.0 Å². The minimum atomic E-state index is -0.552. The Morgan fingerprint density at radius 2 is 1.97 bits per heavy atom. The maximum atomic E-state index is 13.3. The van der Waals surface area contributed by atoms with Gasteiger partial charge >= 0.3 is 0 Å². The third kappa shape index (κ3) is 3.40. The predicted octanol–water partition coefficient (Wildman–Crippen LogP) is 6.71. The molecule has 5 aromatic rings. The first-order valence-corrected chi connectivity index (χ1v) is 11.4. The molecule has 0 atom stereocenters. The van der Waals surface area contributed by atoms with E-state index < -0.39 is 17.4 Å². The lowest BCUT2D eigenvalue weighted by Crippen LogP contribution is -2.04. The highest BCUT2D eigenvalue weighted by Crippen LogP contribution is 2.45. The van der Waals surface area contributed by atoms with Crippen molar-refractivity contribution < 1.29 is 19.4 Å². The molecular formula is C23H14BrClN2O4S. The van der Waals surface area contributed by atoms with Crippen molar-refractivity contribution in [3.05, 3.63) is 81.2 Å². The number of carbonyl (C=O) groups excluding carboxylic acids is 1. The summed E-state index contributed by atoms with van der Waals surface area (Å²) in [5.41, 5.74) is 1.49. The number of halogens is 2. The molecule has 0 aliphatic rings. The van der Waals surface area contributed by atoms with Crippen molar-refractivity contribution in [2.24, 2.45) is 0 Å². The number of furan rings is 1. The molecule has 0 spiro atoms. The number of thiazole rings is 1. The number of fused-ring (bicyclic) bond motifs is 1. The normalized spacial score (nSPS) is 11.3. The zero-order valence-electron chi connectivity index (χ0n) is 16.5. The van der Waals surface area contributed by atoms with Crippen molar-refractivity contribution in [3.8, 4) is 28.0 Å². The smallest absolute Gasteiger partial charge is 0.242 e. The topological polar surface area (TPSA) is 88.5 Å². The van der Waals surface area contributed by atoms with Gasteiger partial charge in [-0.3, -0.25) is 9.36 Å². The molecule has 0 saturated heterocycles. The summed E-state index contributed by atoms with van der Waals surface area (Å²) in [6.45, 7) is 1.72. The molecule has 160 valence electrons. The SMILES string of the molecule is Cc1ccc(C(=O)c2c(O)c(O)n(-c3nc4ccc(Cl)cc4s3)c2-c2cccc(Br)c2)o1. The van der Waals surface area contributed by atoms with E-state index in [4.69, 9.17) is 16.0 Å². The van der Waals surface area contributed by atoms with Crippen molar-refractivity contribution in [1.82, 2.24) is 9.55 Å². The van der Waals surface area contributed by atoms with Crippen LogP contribution in [0.1, 0.15) is 21.9 Å². The van der Waals surface area contributed by atoms with Crippen LogP contribution in [-0.2, 0) is 0 Å². The molecule has 3 aromatic heterocycles. The van der Waals surface area contributed by atoms with Gasteiger partial charge in [0.1, 0.15) is 5.76 Å². The van der Waals surface area contributed by atoms with E-state index in [1.807, 2.05) is 6.07 Å². The number of aryl methyl sites for hydroxylation is 1. The number of aromatic hydroxyl groups is 2. The Labute approximate surface area is 199 Å². The van der Waals surface area contributed by atoms with Gasteiger partial charge in [-0.2, -0.15) is 0 Å². The van der Waals surface area contributed by atoms with E-state index in [1.165, 1.54) is 22.0 Å². The quantitative estimate of drug-likeness (QED) is 0.253. The van der Waals surface area contributed by atoms with Crippen molar-refractivity contribution in [2.45, 2.75) is 6.92 Å². The molecule has 2 N–H and O–H groups in total. The Kier molecular flexibility index (Phi) is 5.08. The Bertz CT molecular complexity index is 1520. The summed E-state index contributed by atoms with van der Waals surface area (Å²) in [5.74, 6) is -0.970. The second-order valence-electron chi connectivity index (χ2n) is 7.09. The van der Waals surface area contributed by atoms with Crippen LogP contribution in [0, 0.1) is 6.92 Å². The molecule has 9 heteroatoms. The van der Waals surface area contributed by atoms with E-state index in [0.29, 0.717) is 32.7 Å². The molecule has 0 saturated carbocycles. The summed E-state index contributed by atoms with van der Waals surface area (Å²) in [6.07, 6.45) is 0. The molecule has 0 bridgehead atoms. The summed E-state index contributed by atoms with van der Waals surface area (Å²) >= 11 is 10.8. The number of hydrogen-bond donors (Lipinski definition) is 2. The van der Waals surface area contributed by atoms with E-state index in [1.54, 1.807) is 49.4 Å². The number of aromatic nitrogens is 2. The van der Waals surface area contributed by atoms with Crippen molar-refractivity contribution in [1.29, 1.82) is 0 Å². The maximum Gasteiger partial charge on any atom is 0.242 e. The van der Waals surface area contributed by atoms with Gasteiger partial charge in [-0.15, -0.1) is 0 Å². The van der Waals surface area contributed by atoms with Crippen molar-refractivity contribution in [2.75, 3.05) is 0 Å². The Balaban J connectivity index is 1.82. The molecular weight excluding hydrogens is 516 g/mol. The average Bonchev–Trinajstić information content (AvgIpc) is 3.44. The van der Waals surface area contributed by atoms with E-state index in [-0.39, 0.29) is 11.3 Å². The van der Waals surface area contributed by atoms with Gasteiger partial charge in [0.25, 0.3) is 0 Å². The lowest BCUT2D eigenvalue weighted by Gasteiger charge is -2.09. The minimum Gasteiger partial charge on any atom is -0.503 e. The van der Waals surface area contributed by atoms with Gasteiger partial charge in [0.05, 0.1) is 21.5 Å². The molecule has 3 heterocycles. The highest BCUT2D eigenvalue weighted by Gasteiger charge is 2.32. The van der Waals surface area contributed by atoms with Crippen LogP contribution >= 0.6 is 38.9 Å². The van der Waals surface area contributed by atoms with E-state index in [0.717, 1.165) is 9.17 Å². The van der Waals surface area contributed by atoms with E-state index in [9.17, 15) is 15.0 Å². The molecule has 5 rings (SSSR count). The summed E-state index contributed by atoms with van der Waals surface area (Å²) < 4.78 is 8.44. The number of hydrogen-bond acceptors (Lipinski definition) is 6. The Morgan fingerprint density at radius 3 is 2.69 bits per heavy atom. The summed E-state index contributed by atoms with van der Waals surface area (Å²) in [5, 5.41) is 22.7. The van der Waals surface area contributed by atoms with Gasteiger partial charge in [0.15, 0.2) is 16.6 Å². The summed E-state index contributed by atoms with van der Waals surface area (Å²) in [4.78, 5) is 17.9. The lowest BCUT2D eigenvalue weighted by atomic mass is 10.0. The van der Waals surface area contributed by atoms with Crippen molar-refractivity contribution >= 4 is 54.9 Å². The summed E-state index contributed by atoms with van der Waals surface area (Å²) in [6, 6.07) is 15.7. The van der Waals surface area contributed by atoms with E-state index in [2.05, 4.69) is 20.9 Å². The zero-order chi connectivity index (χ0) is 22.6. The molecule has 0 amide bonds. The zero-order valence-corrected chi connectivity index (χ0v) is 19.6. The standard InChI is InChI=1S/C23H14BrClN2O4S/c1-11-5-8-16(31-11)20(28)18-19(12-3-2-4-13(24)9-12)27(22(30)21(18)29)23-26-15-7-6-14(25)10-17(15)32-23/h2-10,29-30H,1H3. The van der Waals surface area contributed by atoms with Crippen LogP contribution in [0.3, 0.4) is 0 Å². The fraction of sp³-hybridized carbons (Fsp3) is 0.0435. The fourth-order valence-electron chi connectivity index (χ4n) is 3.52. The fourth-order valence-corrected chi connectivity index (χ4v) is 5.17. The largest absolute Gasteiger partial charge is 0.503 e. The monoisotopic (exact) mass is 528 g/mol. The van der Waals surface area contributed by atoms with Crippen LogP contribution in [-0.4, -0.2) is 25.5 Å². The van der Waals surface area contributed by atoms with Crippen LogP contribution in [0.5, 0.6) is 11.6 Å². The van der Waals surface area contributed by atoms with Gasteiger partial charge in [-0.25, -0.2) is 4.98 Å². The number of nitrogens with zero attached hydrogens (tertiary/aromatic N) is 2. The van der Waals surface area contributed by atoms with Crippen LogP contribution < -0.4 is 0 Å². The lowest BCUT2D eigenvalue weighted by molar-refractivity contribution is 0.101. The first-order chi connectivity index (χ1) is 15.3. The third-order valence-corrected chi connectivity index (χ3v) is 6.67. The second-order valence-corrected chi connectivity index (χ2v) is 9.45. The predicted molar refractivity (Wildman–Crippen MR) is 127 cm³/mol. The molecule has 0 aliphatic carbocycles. The van der Waals surface area contributed by atoms with Gasteiger partial charge in [0, 0.05) is 15.1 Å². The first-order valence-electron chi connectivity index (χ1n) is 9.43. The highest BCUT2D eigenvalue weighted by molar-refractivity contribution is 9.10. The Morgan fingerprint density at radius 1 is 1.16 bits per heavy atom. The number of carbonyl (C=O) groups is 1. The minimum absolute atomic E-state index is 0.0577. The number of rotatable bonds is 4. The molecule has 0 fully saturated rings. The van der Waals surface area contributed by atoms with Crippen LogP contribution in [0.25, 0.3) is 26.6 Å². The summed E-state index contributed by atoms with van der Waals surface area (Å²) in [7, 11) is 0. The van der Waals surface area contributed by atoms with Gasteiger partial charge in [-0.05, 0) is 49.4 Å². The molecule has 0 radical (unpaired) electrons. The molecule has 32 heavy (non-hydrogen) atoms. The molecule has 2 aromatic carbocycles. The third-order valence-electron chi connectivity index (χ3n) is 4.94. The van der Waals surface area contributed by atoms with Crippen molar-refractivity contribution in [3.63, 3.8) is 0 Å². The first kappa shape index (κ1) is 20.8. The maximum absolute atomic E-state index is 13.3. The highest BCUT2D eigenvalue weighted by atomic mass is 79.9. The average molecular weight is 530 g/mol. The van der Waals surface area contributed by atoms with Gasteiger partial charge < -0.3 is 14.6 Å².